The van der Waals surface area contributed by atoms with Gasteiger partial charge in [-0.05, 0) is 11.6 Å². The van der Waals surface area contributed by atoms with Crippen molar-refractivity contribution < 1.29 is 4.74 Å². The molecule has 1 aromatic heterocycles. The number of aromatic nitrogens is 1. The summed E-state index contributed by atoms with van der Waals surface area (Å²) in [4.78, 5) is 3.92. The first-order chi connectivity index (χ1) is 6.17. The first-order valence-corrected chi connectivity index (χ1v) is 4.14. The first-order valence-electron chi connectivity index (χ1n) is 3.77. The van der Waals surface area contributed by atoms with Crippen LogP contribution in [-0.4, -0.2) is 12.1 Å². The van der Waals surface area contributed by atoms with Crippen molar-refractivity contribution in [3.63, 3.8) is 0 Å². The summed E-state index contributed by atoms with van der Waals surface area (Å²) >= 11 is 5.75. The van der Waals surface area contributed by atoms with E-state index in [1.165, 1.54) is 7.11 Å². The Kier molecular flexibility index (Phi) is 3.28. The summed E-state index contributed by atoms with van der Waals surface area (Å²) < 4.78 is 4.94. The van der Waals surface area contributed by atoms with Crippen LogP contribution in [0.5, 0.6) is 5.88 Å². The molecule has 0 aromatic carbocycles. The fraction of sp³-hybridized carbons (Fsp3) is 0.222. The minimum atomic E-state index is -0.241. The molecule has 0 aliphatic carbocycles. The van der Waals surface area contributed by atoms with Crippen molar-refractivity contribution in [2.24, 2.45) is 5.73 Å². The van der Waals surface area contributed by atoms with Crippen LogP contribution in [-0.2, 0) is 0 Å². The summed E-state index contributed by atoms with van der Waals surface area (Å²) in [7, 11) is 1.53. The number of ether oxygens (including phenoxy) is 1. The van der Waals surface area contributed by atoms with E-state index in [9.17, 15) is 0 Å². The molecule has 0 saturated heterocycles. The lowest BCUT2D eigenvalue weighted by atomic mass is 10.1. The van der Waals surface area contributed by atoms with Crippen LogP contribution in [0.15, 0.2) is 24.8 Å². The molecular weight excluding hydrogens is 188 g/mol. The molecule has 1 atom stereocenters. The number of hydrogen-bond donors (Lipinski definition) is 1. The van der Waals surface area contributed by atoms with E-state index in [2.05, 4.69) is 11.6 Å². The molecule has 0 fully saturated rings. The zero-order valence-electron chi connectivity index (χ0n) is 7.33. The summed E-state index contributed by atoms with van der Waals surface area (Å²) in [6.07, 6.45) is 1.63. The van der Waals surface area contributed by atoms with E-state index in [-0.39, 0.29) is 6.04 Å². The Morgan fingerprint density at radius 1 is 1.69 bits per heavy atom. The molecular formula is C9H11ClN2O. The van der Waals surface area contributed by atoms with E-state index in [0.717, 1.165) is 5.56 Å². The maximum atomic E-state index is 5.75. The average molecular weight is 199 g/mol. The van der Waals surface area contributed by atoms with Crippen molar-refractivity contribution >= 4 is 11.6 Å². The van der Waals surface area contributed by atoms with Crippen LogP contribution >= 0.6 is 11.6 Å². The Bertz CT molecular complexity index is 314. The van der Waals surface area contributed by atoms with E-state index >= 15 is 0 Å². The summed E-state index contributed by atoms with van der Waals surface area (Å²) in [5.74, 6) is 0.458. The van der Waals surface area contributed by atoms with E-state index in [4.69, 9.17) is 22.1 Å². The third-order valence-electron chi connectivity index (χ3n) is 1.64. The van der Waals surface area contributed by atoms with Gasteiger partial charge in [0.25, 0.3) is 0 Å². The molecule has 0 radical (unpaired) electrons. The van der Waals surface area contributed by atoms with Gasteiger partial charge in [0.2, 0.25) is 5.88 Å². The number of nitrogens with two attached hydrogens (primary N) is 1. The Hall–Kier alpha value is -1.06. The zero-order valence-corrected chi connectivity index (χ0v) is 8.08. The topological polar surface area (TPSA) is 48.1 Å². The maximum absolute atomic E-state index is 5.75. The molecule has 0 aliphatic heterocycles. The molecule has 4 heteroatoms. The van der Waals surface area contributed by atoms with Gasteiger partial charge < -0.3 is 10.5 Å². The minimum absolute atomic E-state index is 0.241. The lowest BCUT2D eigenvalue weighted by molar-refractivity contribution is 0.397. The van der Waals surface area contributed by atoms with Crippen molar-refractivity contribution in [3.8, 4) is 5.88 Å². The van der Waals surface area contributed by atoms with Crippen LogP contribution in [0.25, 0.3) is 0 Å². The highest BCUT2D eigenvalue weighted by Crippen LogP contribution is 2.20. The van der Waals surface area contributed by atoms with Crippen molar-refractivity contribution in [2.45, 2.75) is 6.04 Å². The van der Waals surface area contributed by atoms with Gasteiger partial charge in [0, 0.05) is 12.1 Å². The number of nitrogens with zero attached hydrogens (tertiary/aromatic N) is 1. The molecule has 2 N–H and O–H groups in total. The number of hydrogen-bond acceptors (Lipinski definition) is 3. The molecule has 0 amide bonds. The molecule has 13 heavy (non-hydrogen) atoms. The second-order valence-electron chi connectivity index (χ2n) is 2.53. The first kappa shape index (κ1) is 10.0. The predicted molar refractivity (Wildman–Crippen MR) is 52.9 cm³/mol. The Morgan fingerprint density at radius 3 is 2.92 bits per heavy atom. The third kappa shape index (κ3) is 2.44. The number of halogens is 1. The summed E-state index contributed by atoms with van der Waals surface area (Å²) in [6.45, 7) is 3.59. The van der Waals surface area contributed by atoms with Gasteiger partial charge in [-0.25, -0.2) is 4.98 Å². The van der Waals surface area contributed by atoms with Gasteiger partial charge in [0.1, 0.15) is 5.15 Å². The number of pyridine rings is 1. The summed E-state index contributed by atoms with van der Waals surface area (Å²) in [5, 5.41) is 0.367. The molecule has 0 spiro atoms. The zero-order chi connectivity index (χ0) is 9.84. The Balaban J connectivity index is 3.07. The van der Waals surface area contributed by atoms with Crippen LogP contribution in [0.4, 0.5) is 0 Å². The monoisotopic (exact) mass is 198 g/mol. The Morgan fingerprint density at radius 2 is 2.38 bits per heavy atom. The molecule has 1 aromatic rings. The third-order valence-corrected chi connectivity index (χ3v) is 1.83. The van der Waals surface area contributed by atoms with Crippen LogP contribution in [0.2, 0.25) is 5.15 Å². The predicted octanol–water partition coefficient (Wildman–Crippen LogP) is 1.93. The fourth-order valence-electron chi connectivity index (χ4n) is 0.925. The SMILES string of the molecule is C=C[C@H](N)c1cc(Cl)nc(OC)c1. The molecule has 0 saturated carbocycles. The molecule has 0 unspecified atom stereocenters. The van der Waals surface area contributed by atoms with Crippen LogP contribution in [0.3, 0.4) is 0 Å². The summed E-state index contributed by atoms with van der Waals surface area (Å²) in [5.41, 5.74) is 6.57. The van der Waals surface area contributed by atoms with Gasteiger partial charge in [-0.15, -0.1) is 6.58 Å². The van der Waals surface area contributed by atoms with Crippen LogP contribution in [0.1, 0.15) is 11.6 Å². The number of rotatable bonds is 3. The highest BCUT2D eigenvalue weighted by atomic mass is 35.5. The van der Waals surface area contributed by atoms with Gasteiger partial charge in [0.05, 0.1) is 7.11 Å². The molecule has 3 nitrogen and oxygen atoms in total. The van der Waals surface area contributed by atoms with E-state index in [1.54, 1.807) is 18.2 Å². The fourth-order valence-corrected chi connectivity index (χ4v) is 1.13. The highest BCUT2D eigenvalue weighted by Gasteiger charge is 2.05. The van der Waals surface area contributed by atoms with Gasteiger partial charge in [-0.3, -0.25) is 0 Å². The average Bonchev–Trinajstić information content (AvgIpc) is 2.15. The van der Waals surface area contributed by atoms with Crippen molar-refractivity contribution in [2.75, 3.05) is 7.11 Å². The van der Waals surface area contributed by atoms with Crippen LogP contribution in [0, 0.1) is 0 Å². The quantitative estimate of drug-likeness (QED) is 0.597. The minimum Gasteiger partial charge on any atom is -0.481 e. The molecule has 1 rings (SSSR count). The maximum Gasteiger partial charge on any atom is 0.214 e. The van der Waals surface area contributed by atoms with Crippen LogP contribution < -0.4 is 10.5 Å². The Labute approximate surface area is 82.2 Å². The van der Waals surface area contributed by atoms with Gasteiger partial charge in [-0.2, -0.15) is 0 Å². The van der Waals surface area contributed by atoms with Crippen molar-refractivity contribution in [1.29, 1.82) is 0 Å². The van der Waals surface area contributed by atoms with Gasteiger partial charge in [-0.1, -0.05) is 17.7 Å². The second-order valence-corrected chi connectivity index (χ2v) is 2.91. The lowest BCUT2D eigenvalue weighted by Gasteiger charge is -2.08. The normalized spacial score (nSPS) is 12.2. The molecule has 0 bridgehead atoms. The molecule has 0 aliphatic rings. The number of methoxy groups -OCH3 is 1. The largest absolute Gasteiger partial charge is 0.481 e. The van der Waals surface area contributed by atoms with E-state index < -0.39 is 0 Å². The van der Waals surface area contributed by atoms with E-state index in [0.29, 0.717) is 11.0 Å². The molecule has 1 heterocycles. The van der Waals surface area contributed by atoms with Crippen molar-refractivity contribution in [3.05, 3.63) is 35.5 Å². The van der Waals surface area contributed by atoms with Gasteiger partial charge in [0.15, 0.2) is 0 Å². The smallest absolute Gasteiger partial charge is 0.214 e. The standard InChI is InChI=1S/C9H11ClN2O/c1-3-7(11)6-4-8(10)12-9(5-6)13-2/h3-5,7H,1,11H2,2H3/t7-/m0/s1. The summed E-state index contributed by atoms with van der Waals surface area (Å²) in [6, 6.07) is 3.18. The van der Waals surface area contributed by atoms with Crippen molar-refractivity contribution in [1.82, 2.24) is 4.98 Å². The van der Waals surface area contributed by atoms with Gasteiger partial charge >= 0.3 is 0 Å². The highest BCUT2D eigenvalue weighted by molar-refractivity contribution is 6.29. The lowest BCUT2D eigenvalue weighted by Crippen LogP contribution is -2.07. The second kappa shape index (κ2) is 4.25. The molecule has 70 valence electrons. The van der Waals surface area contributed by atoms with E-state index in [1.807, 2.05) is 0 Å².